The number of nitrogens with two attached hydrogens (primary N) is 1. The van der Waals surface area contributed by atoms with E-state index in [9.17, 15) is 4.79 Å². The quantitative estimate of drug-likeness (QED) is 0.376. The number of likely N-dealkylation sites (tertiary alicyclic amines) is 1. The second-order valence-corrected chi connectivity index (χ2v) is 7.18. The number of carbonyl (C=O) groups is 1. The van der Waals surface area contributed by atoms with E-state index in [0.29, 0.717) is 12.5 Å². The largest absolute Gasteiger partial charge is 0.370 e. The van der Waals surface area contributed by atoms with Crippen LogP contribution in [0.4, 0.5) is 5.69 Å². The molecule has 3 rings (SSSR count). The van der Waals surface area contributed by atoms with Gasteiger partial charge in [0.1, 0.15) is 0 Å². The van der Waals surface area contributed by atoms with Crippen molar-refractivity contribution < 1.29 is 4.79 Å². The third-order valence-corrected chi connectivity index (χ3v) is 5.06. The van der Waals surface area contributed by atoms with Crippen molar-refractivity contribution >= 4 is 41.5 Å². The SMILES string of the molecule is Cc1ccc(NC(N)=NCc2ccc(C(=O)N3CCCCC3)cc2)cc1C.I. The van der Waals surface area contributed by atoms with E-state index in [2.05, 4.69) is 36.3 Å². The minimum absolute atomic E-state index is 0. The van der Waals surface area contributed by atoms with E-state index < -0.39 is 0 Å². The van der Waals surface area contributed by atoms with Gasteiger partial charge in [-0.2, -0.15) is 0 Å². The predicted molar refractivity (Wildman–Crippen MR) is 126 cm³/mol. The van der Waals surface area contributed by atoms with Gasteiger partial charge in [0.15, 0.2) is 5.96 Å². The number of benzene rings is 2. The highest BCUT2D eigenvalue weighted by molar-refractivity contribution is 14.0. The fraction of sp³-hybridized carbons (Fsp3) is 0.364. The number of aliphatic imine (C=N–C) groups is 1. The second-order valence-electron chi connectivity index (χ2n) is 7.18. The highest BCUT2D eigenvalue weighted by Crippen LogP contribution is 2.15. The van der Waals surface area contributed by atoms with Crippen molar-refractivity contribution in [1.29, 1.82) is 0 Å². The Morgan fingerprint density at radius 3 is 2.36 bits per heavy atom. The topological polar surface area (TPSA) is 70.7 Å². The van der Waals surface area contributed by atoms with Gasteiger partial charge < -0.3 is 16.0 Å². The molecule has 0 saturated carbocycles. The lowest BCUT2D eigenvalue weighted by Crippen LogP contribution is -2.35. The number of nitrogens with zero attached hydrogens (tertiary/aromatic N) is 2. The molecule has 3 N–H and O–H groups in total. The first kappa shape index (κ1) is 22.2. The molecular weight excluding hydrogens is 463 g/mol. The summed E-state index contributed by atoms with van der Waals surface area (Å²) < 4.78 is 0. The maximum Gasteiger partial charge on any atom is 0.253 e. The summed E-state index contributed by atoms with van der Waals surface area (Å²) in [4.78, 5) is 18.8. The van der Waals surface area contributed by atoms with Gasteiger partial charge >= 0.3 is 0 Å². The van der Waals surface area contributed by atoms with Crippen LogP contribution in [-0.2, 0) is 6.54 Å². The summed E-state index contributed by atoms with van der Waals surface area (Å²) in [5.41, 5.74) is 11.1. The van der Waals surface area contributed by atoms with Crippen LogP contribution < -0.4 is 11.1 Å². The van der Waals surface area contributed by atoms with Crippen LogP contribution in [0, 0.1) is 13.8 Å². The van der Waals surface area contributed by atoms with Crippen LogP contribution in [0.3, 0.4) is 0 Å². The average Bonchev–Trinajstić information content (AvgIpc) is 2.70. The molecule has 1 heterocycles. The number of guanidine groups is 1. The van der Waals surface area contributed by atoms with Gasteiger partial charge in [-0.3, -0.25) is 4.79 Å². The fourth-order valence-corrected chi connectivity index (χ4v) is 3.22. The van der Waals surface area contributed by atoms with E-state index in [1.54, 1.807) is 0 Å². The van der Waals surface area contributed by atoms with Crippen LogP contribution >= 0.6 is 24.0 Å². The number of rotatable bonds is 4. The van der Waals surface area contributed by atoms with Crippen LogP contribution in [0.2, 0.25) is 0 Å². The Bertz CT molecular complexity index is 827. The van der Waals surface area contributed by atoms with Gasteiger partial charge in [-0.1, -0.05) is 18.2 Å². The minimum Gasteiger partial charge on any atom is -0.370 e. The molecule has 1 saturated heterocycles. The van der Waals surface area contributed by atoms with E-state index in [1.807, 2.05) is 35.2 Å². The predicted octanol–water partition coefficient (Wildman–Crippen LogP) is 4.47. The molecule has 5 nitrogen and oxygen atoms in total. The lowest BCUT2D eigenvalue weighted by molar-refractivity contribution is 0.0724. The zero-order valence-corrected chi connectivity index (χ0v) is 18.9. The summed E-state index contributed by atoms with van der Waals surface area (Å²) in [6, 6.07) is 13.8. The number of hydrogen-bond acceptors (Lipinski definition) is 2. The Hall–Kier alpha value is -2.09. The Morgan fingerprint density at radius 1 is 1.04 bits per heavy atom. The molecule has 0 radical (unpaired) electrons. The summed E-state index contributed by atoms with van der Waals surface area (Å²) in [5, 5.41) is 3.12. The minimum atomic E-state index is 0. The van der Waals surface area contributed by atoms with Crippen LogP contribution in [-0.4, -0.2) is 29.9 Å². The van der Waals surface area contributed by atoms with E-state index in [4.69, 9.17) is 5.73 Å². The van der Waals surface area contributed by atoms with Gasteiger partial charge in [-0.05, 0) is 74.1 Å². The molecule has 2 aromatic rings. The molecule has 1 aliphatic rings. The number of nitrogens with one attached hydrogen (secondary N) is 1. The van der Waals surface area contributed by atoms with Crippen molar-refractivity contribution in [1.82, 2.24) is 4.90 Å². The van der Waals surface area contributed by atoms with Crippen LogP contribution in [0.5, 0.6) is 0 Å². The summed E-state index contributed by atoms with van der Waals surface area (Å²) in [7, 11) is 0. The van der Waals surface area contributed by atoms with Crippen LogP contribution in [0.25, 0.3) is 0 Å². The van der Waals surface area contributed by atoms with Crippen molar-refractivity contribution in [3.8, 4) is 0 Å². The molecule has 0 bridgehead atoms. The lowest BCUT2D eigenvalue weighted by atomic mass is 10.1. The molecule has 1 fully saturated rings. The monoisotopic (exact) mass is 492 g/mol. The van der Waals surface area contributed by atoms with Crippen molar-refractivity contribution in [2.45, 2.75) is 39.7 Å². The highest BCUT2D eigenvalue weighted by atomic mass is 127. The number of aryl methyl sites for hydroxylation is 2. The molecule has 150 valence electrons. The van der Waals surface area contributed by atoms with Gasteiger partial charge in [0.25, 0.3) is 5.91 Å². The summed E-state index contributed by atoms with van der Waals surface area (Å²) in [6.07, 6.45) is 3.43. The molecule has 0 spiro atoms. The lowest BCUT2D eigenvalue weighted by Gasteiger charge is -2.26. The molecule has 0 atom stereocenters. The van der Waals surface area contributed by atoms with Crippen molar-refractivity contribution in [3.05, 3.63) is 64.7 Å². The molecule has 0 aromatic heterocycles. The Morgan fingerprint density at radius 2 is 1.71 bits per heavy atom. The third-order valence-electron chi connectivity index (χ3n) is 5.06. The number of anilines is 1. The molecule has 2 aromatic carbocycles. The Balaban J connectivity index is 0.00000280. The van der Waals surface area contributed by atoms with Crippen molar-refractivity contribution in [3.63, 3.8) is 0 Å². The van der Waals surface area contributed by atoms with E-state index in [-0.39, 0.29) is 29.9 Å². The first-order valence-electron chi connectivity index (χ1n) is 9.55. The zero-order chi connectivity index (χ0) is 19.2. The number of halogens is 1. The maximum atomic E-state index is 12.5. The third kappa shape index (κ3) is 5.95. The van der Waals surface area contributed by atoms with Gasteiger partial charge in [0.05, 0.1) is 6.54 Å². The first-order chi connectivity index (χ1) is 13.0. The van der Waals surface area contributed by atoms with Crippen molar-refractivity contribution in [2.75, 3.05) is 18.4 Å². The van der Waals surface area contributed by atoms with Crippen LogP contribution in [0.1, 0.15) is 46.3 Å². The molecule has 0 unspecified atom stereocenters. The van der Waals surface area contributed by atoms with Crippen LogP contribution in [0.15, 0.2) is 47.5 Å². The smallest absolute Gasteiger partial charge is 0.253 e. The number of amides is 1. The molecule has 6 heteroatoms. The standard InChI is InChI=1S/C22H28N4O.HI/c1-16-6-11-20(14-17(16)2)25-22(23)24-15-18-7-9-19(10-8-18)21(27)26-12-4-3-5-13-26;/h6-11,14H,3-5,12-13,15H2,1-2H3,(H3,23,24,25);1H. The summed E-state index contributed by atoms with van der Waals surface area (Å²) in [5.74, 6) is 0.507. The van der Waals surface area contributed by atoms with Crippen molar-refractivity contribution in [2.24, 2.45) is 10.7 Å². The van der Waals surface area contributed by atoms with Gasteiger partial charge in [-0.25, -0.2) is 4.99 Å². The Labute approximate surface area is 184 Å². The maximum absolute atomic E-state index is 12.5. The number of piperidine rings is 1. The average molecular weight is 492 g/mol. The molecule has 28 heavy (non-hydrogen) atoms. The van der Waals surface area contributed by atoms with Gasteiger partial charge in [-0.15, -0.1) is 24.0 Å². The first-order valence-corrected chi connectivity index (χ1v) is 9.55. The fourth-order valence-electron chi connectivity index (χ4n) is 3.22. The van der Waals surface area contributed by atoms with E-state index >= 15 is 0 Å². The van der Waals surface area contributed by atoms with Gasteiger partial charge in [0.2, 0.25) is 0 Å². The van der Waals surface area contributed by atoms with Gasteiger partial charge in [0, 0.05) is 24.3 Å². The molecular formula is C22H29IN4O. The summed E-state index contributed by atoms with van der Waals surface area (Å²) in [6.45, 7) is 6.36. The van der Waals surface area contributed by atoms with E-state index in [1.165, 1.54) is 17.5 Å². The zero-order valence-electron chi connectivity index (χ0n) is 16.6. The molecule has 0 aliphatic carbocycles. The molecule has 1 amide bonds. The number of hydrogen-bond donors (Lipinski definition) is 2. The number of carbonyl (C=O) groups excluding carboxylic acids is 1. The highest BCUT2D eigenvalue weighted by Gasteiger charge is 2.17. The second kappa shape index (κ2) is 10.5. The Kier molecular flexibility index (Phi) is 8.29. The normalized spacial score (nSPS) is 14.4. The summed E-state index contributed by atoms with van der Waals surface area (Å²) >= 11 is 0. The molecule has 1 aliphatic heterocycles. The van der Waals surface area contributed by atoms with E-state index in [0.717, 1.165) is 42.7 Å².